The molecule has 0 spiro atoms. The van der Waals surface area contributed by atoms with Gasteiger partial charge in [0.15, 0.2) is 6.61 Å². The van der Waals surface area contributed by atoms with Crippen LogP contribution < -0.4 is 4.90 Å². The molecule has 2 fully saturated rings. The van der Waals surface area contributed by atoms with Crippen molar-refractivity contribution in [2.24, 2.45) is 11.8 Å². The van der Waals surface area contributed by atoms with Gasteiger partial charge in [0.05, 0.1) is 28.0 Å². The Morgan fingerprint density at radius 2 is 1.58 bits per heavy atom. The first-order valence-corrected chi connectivity index (χ1v) is 12.3. The summed E-state index contributed by atoms with van der Waals surface area (Å²) in [5.41, 5.74) is 1.32. The lowest BCUT2D eigenvalue weighted by atomic mass is 9.73. The van der Waals surface area contributed by atoms with Gasteiger partial charge in [-0.25, -0.2) is 4.79 Å². The third-order valence-corrected chi connectivity index (χ3v) is 7.25. The van der Waals surface area contributed by atoms with Crippen LogP contribution in [0.4, 0.5) is 11.4 Å². The number of rotatable bonds is 7. The highest BCUT2D eigenvalue weighted by Crippen LogP contribution is 2.45. The van der Waals surface area contributed by atoms with E-state index in [1.807, 2.05) is 30.3 Å². The average molecular weight is 513 g/mol. The molecule has 3 atom stereocenters. The summed E-state index contributed by atoms with van der Waals surface area (Å²) in [6.45, 7) is -0.614. The molecule has 1 heterocycles. The molecule has 3 aromatic carbocycles. The van der Waals surface area contributed by atoms with Crippen LogP contribution in [-0.4, -0.2) is 35.1 Å². The second-order valence-electron chi connectivity index (χ2n) is 9.50. The first kappa shape index (κ1) is 25.0. The number of ketones is 1. The lowest BCUT2D eigenvalue weighted by Gasteiger charge is -2.28. The van der Waals surface area contributed by atoms with Gasteiger partial charge in [-0.15, -0.1) is 0 Å². The number of amides is 2. The van der Waals surface area contributed by atoms with Crippen molar-refractivity contribution in [3.8, 4) is 0 Å². The molecule has 1 saturated heterocycles. The average Bonchev–Trinajstić information content (AvgIpc) is 3.20. The molecule has 1 aliphatic heterocycles. The van der Waals surface area contributed by atoms with E-state index in [1.54, 1.807) is 12.1 Å². The molecule has 1 aliphatic carbocycles. The number of nitro benzene ring substituents is 1. The molecule has 9 nitrogen and oxygen atoms in total. The number of carbonyl (C=O) groups is 4. The Morgan fingerprint density at radius 1 is 0.868 bits per heavy atom. The smallest absolute Gasteiger partial charge is 0.338 e. The second-order valence-corrected chi connectivity index (χ2v) is 9.50. The maximum atomic E-state index is 13.4. The summed E-state index contributed by atoms with van der Waals surface area (Å²) in [6, 6.07) is 21.1. The zero-order chi connectivity index (χ0) is 26.8. The first-order chi connectivity index (χ1) is 18.3. The number of imide groups is 1. The molecule has 5 rings (SSSR count). The number of carbonyl (C=O) groups excluding carboxylic acids is 4. The van der Waals surface area contributed by atoms with Gasteiger partial charge in [-0.2, -0.15) is 0 Å². The fourth-order valence-corrected chi connectivity index (χ4v) is 5.32. The molecule has 192 valence electrons. The predicted octanol–water partition coefficient (Wildman–Crippen LogP) is 4.71. The predicted molar refractivity (Wildman–Crippen MR) is 137 cm³/mol. The molecule has 0 bridgehead atoms. The normalized spacial score (nSPS) is 20.6. The summed E-state index contributed by atoms with van der Waals surface area (Å²) in [4.78, 5) is 63.1. The lowest BCUT2D eigenvalue weighted by Crippen LogP contribution is -2.31. The largest absolute Gasteiger partial charge is 0.454 e. The Balaban J connectivity index is 1.27. The number of ether oxygens (including phenoxy) is 1. The van der Waals surface area contributed by atoms with Crippen molar-refractivity contribution in [2.75, 3.05) is 11.5 Å². The number of fused-ring (bicyclic) bond motifs is 1. The van der Waals surface area contributed by atoms with Crippen molar-refractivity contribution in [1.29, 1.82) is 0 Å². The van der Waals surface area contributed by atoms with E-state index in [2.05, 4.69) is 0 Å². The van der Waals surface area contributed by atoms with Crippen LogP contribution in [0.3, 0.4) is 0 Å². The molecule has 3 aromatic rings. The Hall–Kier alpha value is -4.66. The van der Waals surface area contributed by atoms with Crippen LogP contribution in [0.1, 0.15) is 51.5 Å². The molecule has 2 amide bonds. The Bertz CT molecular complexity index is 1440. The monoisotopic (exact) mass is 512 g/mol. The van der Waals surface area contributed by atoms with E-state index in [0.717, 1.165) is 23.0 Å². The summed E-state index contributed by atoms with van der Waals surface area (Å²) in [5, 5.41) is 10.9. The SMILES string of the molecule is O=C(COC(=O)c1cccc(N2C(=O)[C@H]3C[C@@H](c4ccccc4)CC[C@H]3C2=O)c1)c1cccc([N+](=O)[O-])c1. The van der Waals surface area contributed by atoms with Crippen LogP contribution >= 0.6 is 0 Å². The van der Waals surface area contributed by atoms with Gasteiger partial charge in [0.2, 0.25) is 17.6 Å². The van der Waals surface area contributed by atoms with Gasteiger partial charge in [0.1, 0.15) is 0 Å². The maximum Gasteiger partial charge on any atom is 0.338 e. The number of anilines is 1. The zero-order valence-corrected chi connectivity index (χ0v) is 20.3. The van der Waals surface area contributed by atoms with Crippen molar-refractivity contribution in [3.63, 3.8) is 0 Å². The van der Waals surface area contributed by atoms with Crippen molar-refractivity contribution in [1.82, 2.24) is 0 Å². The Morgan fingerprint density at radius 3 is 2.34 bits per heavy atom. The van der Waals surface area contributed by atoms with Gasteiger partial charge in [0.25, 0.3) is 5.69 Å². The molecule has 2 aliphatic rings. The van der Waals surface area contributed by atoms with E-state index in [0.29, 0.717) is 12.8 Å². The molecule has 0 radical (unpaired) electrons. The molecule has 1 saturated carbocycles. The first-order valence-electron chi connectivity index (χ1n) is 12.3. The number of hydrogen-bond donors (Lipinski definition) is 0. The van der Waals surface area contributed by atoms with Crippen LogP contribution in [0, 0.1) is 22.0 Å². The number of nitrogens with zero attached hydrogens (tertiary/aromatic N) is 2. The van der Waals surface area contributed by atoms with Crippen LogP contribution in [0.5, 0.6) is 0 Å². The Kier molecular flexibility index (Phi) is 6.83. The maximum absolute atomic E-state index is 13.4. The lowest BCUT2D eigenvalue weighted by molar-refractivity contribution is -0.384. The summed E-state index contributed by atoms with van der Waals surface area (Å²) < 4.78 is 5.13. The fourth-order valence-electron chi connectivity index (χ4n) is 5.32. The van der Waals surface area contributed by atoms with E-state index in [1.165, 1.54) is 30.3 Å². The highest BCUT2D eigenvalue weighted by Gasteiger charge is 2.50. The minimum Gasteiger partial charge on any atom is -0.454 e. The van der Waals surface area contributed by atoms with Crippen LogP contribution in [0.25, 0.3) is 0 Å². The number of Topliss-reactive ketones (excluding diaryl/α,β-unsaturated/α-hetero) is 1. The summed E-state index contributed by atoms with van der Waals surface area (Å²) in [6.07, 6.45) is 2.03. The van der Waals surface area contributed by atoms with Crippen molar-refractivity contribution in [3.05, 3.63) is 106 Å². The van der Waals surface area contributed by atoms with Crippen LogP contribution in [-0.2, 0) is 14.3 Å². The third-order valence-electron chi connectivity index (χ3n) is 7.25. The number of benzene rings is 3. The zero-order valence-electron chi connectivity index (χ0n) is 20.3. The van der Waals surface area contributed by atoms with E-state index in [-0.39, 0.29) is 46.2 Å². The van der Waals surface area contributed by atoms with Crippen molar-refractivity contribution < 1.29 is 28.8 Å². The topological polar surface area (TPSA) is 124 Å². The van der Waals surface area contributed by atoms with E-state index in [4.69, 9.17) is 4.74 Å². The summed E-state index contributed by atoms with van der Waals surface area (Å²) >= 11 is 0. The minimum absolute atomic E-state index is 0.0467. The number of esters is 1. The standard InChI is InChI=1S/C29H24N2O7/c32-26(20-8-4-11-23(14-20)31(36)37)17-38-29(35)21-9-5-10-22(15-21)30-27(33)24-13-12-19(16-25(24)28(30)34)18-6-2-1-3-7-18/h1-11,14-15,19,24-25H,12-13,16-17H2/t19-,24+,25-/m0/s1. The molecule has 38 heavy (non-hydrogen) atoms. The van der Waals surface area contributed by atoms with Gasteiger partial charge in [0, 0.05) is 17.7 Å². The highest BCUT2D eigenvalue weighted by molar-refractivity contribution is 6.22. The van der Waals surface area contributed by atoms with Crippen LogP contribution in [0.15, 0.2) is 78.9 Å². The van der Waals surface area contributed by atoms with Gasteiger partial charge >= 0.3 is 5.97 Å². The second kappa shape index (κ2) is 10.4. The molecule has 0 aromatic heterocycles. The molecular weight excluding hydrogens is 488 g/mol. The molecule has 0 unspecified atom stereocenters. The number of nitro groups is 1. The number of hydrogen-bond acceptors (Lipinski definition) is 7. The van der Waals surface area contributed by atoms with Gasteiger partial charge < -0.3 is 4.74 Å². The van der Waals surface area contributed by atoms with Gasteiger partial charge in [-0.05, 0) is 48.9 Å². The van der Waals surface area contributed by atoms with E-state index in [9.17, 15) is 29.3 Å². The molecular formula is C29H24N2O7. The van der Waals surface area contributed by atoms with E-state index < -0.39 is 29.2 Å². The quantitative estimate of drug-likeness (QED) is 0.148. The van der Waals surface area contributed by atoms with Gasteiger partial charge in [-0.3, -0.25) is 29.4 Å². The molecule has 9 heteroatoms. The minimum atomic E-state index is -0.814. The fraction of sp³-hybridized carbons (Fsp3) is 0.241. The van der Waals surface area contributed by atoms with Crippen molar-refractivity contribution in [2.45, 2.75) is 25.2 Å². The summed E-state index contributed by atoms with van der Waals surface area (Å²) in [7, 11) is 0. The number of non-ortho nitro benzene ring substituents is 1. The Labute approximate surface area is 218 Å². The third kappa shape index (κ3) is 4.82. The highest BCUT2D eigenvalue weighted by atomic mass is 16.6. The van der Waals surface area contributed by atoms with Crippen LogP contribution in [0.2, 0.25) is 0 Å². The van der Waals surface area contributed by atoms with Crippen molar-refractivity contribution >= 4 is 34.9 Å². The van der Waals surface area contributed by atoms with Gasteiger partial charge in [-0.1, -0.05) is 48.5 Å². The summed E-state index contributed by atoms with van der Waals surface area (Å²) in [5.74, 6) is -2.54. The van der Waals surface area contributed by atoms with E-state index >= 15 is 0 Å². The molecule has 0 N–H and O–H groups in total.